The van der Waals surface area contributed by atoms with Crippen LogP contribution in [0, 0.1) is 6.92 Å². The second-order valence-electron chi connectivity index (χ2n) is 3.23. The minimum Gasteiger partial charge on any atom is -0.461 e. The van der Waals surface area contributed by atoms with E-state index in [1.54, 1.807) is 19.1 Å². The Kier molecular flexibility index (Phi) is 2.68. The molecule has 0 spiro atoms. The van der Waals surface area contributed by atoms with Crippen molar-refractivity contribution in [3.63, 3.8) is 0 Å². The maximum atomic E-state index is 11.7. The molecular formula is C11H9NO4. The third-order valence-corrected chi connectivity index (χ3v) is 2.02. The Morgan fingerprint density at radius 2 is 2.12 bits per heavy atom. The van der Waals surface area contributed by atoms with Crippen molar-refractivity contribution in [3.05, 3.63) is 41.6 Å². The van der Waals surface area contributed by atoms with Crippen LogP contribution in [0.2, 0.25) is 0 Å². The van der Waals surface area contributed by atoms with Crippen molar-refractivity contribution in [1.29, 1.82) is 0 Å². The smallest absolute Gasteiger partial charge is 0.273 e. The summed E-state index contributed by atoms with van der Waals surface area (Å²) < 4.78 is 9.54. The molecule has 0 saturated heterocycles. The molecule has 0 saturated carbocycles. The SMILES string of the molecule is Cc1cccc(C(=O)C(=O)C2=COCO2)n1. The van der Waals surface area contributed by atoms with Gasteiger partial charge in [0.25, 0.3) is 11.6 Å². The maximum absolute atomic E-state index is 11.7. The Morgan fingerprint density at radius 1 is 1.31 bits per heavy atom. The molecule has 2 rings (SSSR count). The van der Waals surface area contributed by atoms with Gasteiger partial charge in [-0.25, -0.2) is 4.98 Å². The zero-order valence-corrected chi connectivity index (χ0v) is 8.60. The normalized spacial score (nSPS) is 13.7. The molecule has 0 aromatic carbocycles. The van der Waals surface area contributed by atoms with E-state index in [4.69, 9.17) is 9.47 Å². The van der Waals surface area contributed by atoms with Crippen molar-refractivity contribution >= 4 is 11.6 Å². The number of carbonyl (C=O) groups is 2. The van der Waals surface area contributed by atoms with E-state index in [-0.39, 0.29) is 18.2 Å². The van der Waals surface area contributed by atoms with Gasteiger partial charge >= 0.3 is 0 Å². The predicted octanol–water partition coefficient (Wildman–Crippen LogP) is 0.988. The van der Waals surface area contributed by atoms with Crippen LogP contribution in [0.5, 0.6) is 0 Å². The molecule has 5 heteroatoms. The van der Waals surface area contributed by atoms with Crippen LogP contribution in [-0.2, 0) is 14.3 Å². The summed E-state index contributed by atoms with van der Waals surface area (Å²) in [6.07, 6.45) is 1.13. The Labute approximate surface area is 91.7 Å². The highest BCUT2D eigenvalue weighted by atomic mass is 16.7. The summed E-state index contributed by atoms with van der Waals surface area (Å²) in [5, 5.41) is 0. The number of carbonyl (C=O) groups excluding carboxylic acids is 2. The fourth-order valence-corrected chi connectivity index (χ4v) is 1.26. The fourth-order valence-electron chi connectivity index (χ4n) is 1.26. The maximum Gasteiger partial charge on any atom is 0.273 e. The first-order valence-corrected chi connectivity index (χ1v) is 4.66. The molecule has 16 heavy (non-hydrogen) atoms. The number of nitrogens with zero attached hydrogens (tertiary/aromatic N) is 1. The molecule has 0 bridgehead atoms. The van der Waals surface area contributed by atoms with Crippen LogP contribution in [0.1, 0.15) is 16.2 Å². The highest BCUT2D eigenvalue weighted by molar-refractivity contribution is 6.48. The molecule has 0 radical (unpaired) electrons. The Morgan fingerprint density at radius 3 is 2.75 bits per heavy atom. The van der Waals surface area contributed by atoms with E-state index >= 15 is 0 Å². The number of rotatable bonds is 3. The molecule has 0 fully saturated rings. The minimum atomic E-state index is -0.740. The summed E-state index contributed by atoms with van der Waals surface area (Å²) >= 11 is 0. The first-order valence-electron chi connectivity index (χ1n) is 4.66. The third kappa shape index (κ3) is 1.93. The number of allylic oxidation sites excluding steroid dienone is 1. The molecule has 5 nitrogen and oxygen atoms in total. The number of aryl methyl sites for hydroxylation is 1. The zero-order valence-electron chi connectivity index (χ0n) is 8.60. The number of aromatic nitrogens is 1. The fraction of sp³-hybridized carbons (Fsp3) is 0.182. The van der Waals surface area contributed by atoms with Gasteiger partial charge in [-0.15, -0.1) is 0 Å². The van der Waals surface area contributed by atoms with Crippen LogP contribution in [0.3, 0.4) is 0 Å². The zero-order chi connectivity index (χ0) is 11.5. The lowest BCUT2D eigenvalue weighted by Crippen LogP contribution is -2.18. The largest absolute Gasteiger partial charge is 0.461 e. The molecular weight excluding hydrogens is 210 g/mol. The number of hydrogen-bond donors (Lipinski definition) is 0. The van der Waals surface area contributed by atoms with Gasteiger partial charge in [-0.2, -0.15) is 0 Å². The molecule has 0 unspecified atom stereocenters. The average molecular weight is 219 g/mol. The van der Waals surface area contributed by atoms with Gasteiger partial charge in [0.1, 0.15) is 12.0 Å². The van der Waals surface area contributed by atoms with Crippen LogP contribution in [0.15, 0.2) is 30.2 Å². The summed E-state index contributed by atoms with van der Waals surface area (Å²) in [4.78, 5) is 27.3. The van der Waals surface area contributed by atoms with E-state index in [1.807, 2.05) is 0 Å². The molecule has 2 heterocycles. The first-order chi connectivity index (χ1) is 7.68. The summed E-state index contributed by atoms with van der Waals surface area (Å²) in [7, 11) is 0. The van der Waals surface area contributed by atoms with Crippen LogP contribution < -0.4 is 0 Å². The van der Waals surface area contributed by atoms with E-state index in [0.29, 0.717) is 5.69 Å². The predicted molar refractivity (Wildman–Crippen MR) is 53.4 cm³/mol. The topological polar surface area (TPSA) is 65.5 Å². The molecule has 0 amide bonds. The van der Waals surface area contributed by atoms with Crippen molar-refractivity contribution in [1.82, 2.24) is 4.98 Å². The van der Waals surface area contributed by atoms with Gasteiger partial charge in [-0.05, 0) is 19.1 Å². The van der Waals surface area contributed by atoms with Crippen molar-refractivity contribution in [2.24, 2.45) is 0 Å². The van der Waals surface area contributed by atoms with Gasteiger partial charge in [-0.3, -0.25) is 9.59 Å². The van der Waals surface area contributed by atoms with Gasteiger partial charge in [0.2, 0.25) is 12.6 Å². The van der Waals surface area contributed by atoms with E-state index in [9.17, 15) is 9.59 Å². The van der Waals surface area contributed by atoms with E-state index in [0.717, 1.165) is 6.26 Å². The minimum absolute atomic E-state index is 0.0321. The van der Waals surface area contributed by atoms with E-state index < -0.39 is 11.6 Å². The summed E-state index contributed by atoms with van der Waals surface area (Å²) in [6.45, 7) is 1.71. The Hall–Kier alpha value is -2.17. The molecule has 1 aromatic heterocycles. The van der Waals surface area contributed by atoms with Gasteiger partial charge in [0.05, 0.1) is 0 Å². The number of hydrogen-bond acceptors (Lipinski definition) is 5. The lowest BCUT2D eigenvalue weighted by molar-refractivity contribution is -0.115. The van der Waals surface area contributed by atoms with Crippen LogP contribution in [0.25, 0.3) is 0 Å². The second kappa shape index (κ2) is 4.14. The van der Waals surface area contributed by atoms with Gasteiger partial charge in [0, 0.05) is 5.69 Å². The Balaban J connectivity index is 2.22. The van der Waals surface area contributed by atoms with Crippen molar-refractivity contribution < 1.29 is 19.1 Å². The molecule has 1 aromatic rings. The van der Waals surface area contributed by atoms with Crippen LogP contribution in [-0.4, -0.2) is 23.3 Å². The van der Waals surface area contributed by atoms with Gasteiger partial charge < -0.3 is 9.47 Å². The quantitative estimate of drug-likeness (QED) is 0.560. The number of Topliss-reactive ketones (excluding diaryl/α,β-unsaturated/α-hetero) is 2. The van der Waals surface area contributed by atoms with Crippen molar-refractivity contribution in [2.75, 3.05) is 6.79 Å². The Bertz CT molecular complexity index is 479. The van der Waals surface area contributed by atoms with Gasteiger partial charge in [0.15, 0.2) is 0 Å². The van der Waals surface area contributed by atoms with Crippen molar-refractivity contribution in [2.45, 2.75) is 6.92 Å². The lowest BCUT2D eigenvalue weighted by Gasteiger charge is -2.00. The summed E-state index contributed by atoms with van der Waals surface area (Å²) in [5.74, 6) is -1.51. The molecule has 0 N–H and O–H groups in total. The van der Waals surface area contributed by atoms with E-state index in [1.165, 1.54) is 6.07 Å². The highest BCUT2D eigenvalue weighted by Crippen LogP contribution is 2.11. The summed E-state index contributed by atoms with van der Waals surface area (Å²) in [6, 6.07) is 4.91. The standard InChI is InChI=1S/C11H9NO4/c1-7-3-2-4-8(12-7)10(13)11(14)9-5-15-6-16-9/h2-5H,6H2,1H3. The molecule has 82 valence electrons. The molecule has 0 atom stereocenters. The monoisotopic (exact) mass is 219 g/mol. The summed E-state index contributed by atoms with van der Waals surface area (Å²) in [5.41, 5.74) is 0.789. The number of ketones is 2. The molecule has 1 aliphatic rings. The molecule has 1 aliphatic heterocycles. The second-order valence-corrected chi connectivity index (χ2v) is 3.23. The number of pyridine rings is 1. The van der Waals surface area contributed by atoms with E-state index in [2.05, 4.69) is 4.98 Å². The first kappa shape index (κ1) is 10.4. The highest BCUT2D eigenvalue weighted by Gasteiger charge is 2.25. The number of ether oxygens (including phenoxy) is 2. The average Bonchev–Trinajstić information content (AvgIpc) is 2.80. The third-order valence-electron chi connectivity index (χ3n) is 2.02. The van der Waals surface area contributed by atoms with Gasteiger partial charge in [-0.1, -0.05) is 6.07 Å². The van der Waals surface area contributed by atoms with Crippen LogP contribution in [0.4, 0.5) is 0 Å². The van der Waals surface area contributed by atoms with Crippen molar-refractivity contribution in [3.8, 4) is 0 Å². The van der Waals surface area contributed by atoms with Crippen LogP contribution >= 0.6 is 0 Å². The molecule has 0 aliphatic carbocycles. The lowest BCUT2D eigenvalue weighted by atomic mass is 10.1.